The zero-order valence-corrected chi connectivity index (χ0v) is 11.6. The van der Waals surface area contributed by atoms with E-state index in [0.29, 0.717) is 6.04 Å². The molecule has 1 saturated carbocycles. The molecule has 18 heavy (non-hydrogen) atoms. The molecule has 1 unspecified atom stereocenters. The number of amides is 1. The maximum atomic E-state index is 11.7. The summed E-state index contributed by atoms with van der Waals surface area (Å²) >= 11 is 0. The minimum atomic E-state index is -0.0712. The molecule has 2 N–H and O–H groups in total. The van der Waals surface area contributed by atoms with Crippen molar-refractivity contribution in [1.29, 1.82) is 0 Å². The number of hydrogen-bond acceptors (Lipinski definition) is 4. The average molecular weight is 254 g/mol. The normalized spacial score (nSPS) is 23.9. The SMILES string of the molecule is CC(NCCN1CCN(C)CC1)C(=O)NC1CC1. The lowest BCUT2D eigenvalue weighted by atomic mass is 10.3. The third-order valence-electron chi connectivity index (χ3n) is 3.79. The van der Waals surface area contributed by atoms with Gasteiger partial charge in [0.1, 0.15) is 0 Å². The Hall–Kier alpha value is -0.650. The van der Waals surface area contributed by atoms with Crippen molar-refractivity contribution >= 4 is 5.91 Å². The highest BCUT2D eigenvalue weighted by molar-refractivity contribution is 5.81. The van der Waals surface area contributed by atoms with E-state index < -0.39 is 0 Å². The van der Waals surface area contributed by atoms with E-state index in [1.165, 1.54) is 0 Å². The Kier molecular flexibility index (Phi) is 4.97. The molecule has 1 heterocycles. The molecule has 0 radical (unpaired) electrons. The number of carbonyl (C=O) groups is 1. The van der Waals surface area contributed by atoms with Crippen molar-refractivity contribution in [1.82, 2.24) is 20.4 Å². The van der Waals surface area contributed by atoms with Gasteiger partial charge in [-0.3, -0.25) is 9.69 Å². The molecule has 0 spiro atoms. The molecule has 2 rings (SSSR count). The smallest absolute Gasteiger partial charge is 0.237 e. The molecule has 0 aromatic rings. The quantitative estimate of drug-likeness (QED) is 0.670. The monoisotopic (exact) mass is 254 g/mol. The van der Waals surface area contributed by atoms with Gasteiger partial charge < -0.3 is 15.5 Å². The molecule has 5 nitrogen and oxygen atoms in total. The first kappa shape index (κ1) is 13.8. The Morgan fingerprint density at radius 2 is 1.94 bits per heavy atom. The van der Waals surface area contributed by atoms with Crippen LogP contribution in [0.5, 0.6) is 0 Å². The molecule has 1 aliphatic carbocycles. The van der Waals surface area contributed by atoms with Crippen LogP contribution in [0.25, 0.3) is 0 Å². The molecule has 1 saturated heterocycles. The summed E-state index contributed by atoms with van der Waals surface area (Å²) in [6, 6.07) is 0.387. The Morgan fingerprint density at radius 3 is 2.56 bits per heavy atom. The minimum absolute atomic E-state index is 0.0712. The fourth-order valence-electron chi connectivity index (χ4n) is 2.16. The lowest BCUT2D eigenvalue weighted by molar-refractivity contribution is -0.122. The highest BCUT2D eigenvalue weighted by Crippen LogP contribution is 2.18. The number of nitrogens with zero attached hydrogens (tertiary/aromatic N) is 2. The second kappa shape index (κ2) is 6.50. The van der Waals surface area contributed by atoms with Crippen molar-refractivity contribution in [3.63, 3.8) is 0 Å². The zero-order valence-electron chi connectivity index (χ0n) is 11.6. The van der Waals surface area contributed by atoms with Gasteiger partial charge in [-0.15, -0.1) is 0 Å². The van der Waals surface area contributed by atoms with E-state index in [0.717, 1.165) is 52.1 Å². The largest absolute Gasteiger partial charge is 0.352 e. The molecule has 2 aliphatic rings. The Bertz CT molecular complexity index is 272. The van der Waals surface area contributed by atoms with Gasteiger partial charge in [-0.2, -0.15) is 0 Å². The first-order valence-electron chi connectivity index (χ1n) is 7.10. The molecule has 0 aromatic heterocycles. The molecule has 0 bridgehead atoms. The lowest BCUT2D eigenvalue weighted by Gasteiger charge is -2.32. The van der Waals surface area contributed by atoms with Gasteiger partial charge in [0, 0.05) is 45.3 Å². The molecule has 1 aliphatic heterocycles. The van der Waals surface area contributed by atoms with E-state index in [-0.39, 0.29) is 11.9 Å². The summed E-state index contributed by atoms with van der Waals surface area (Å²) in [6.45, 7) is 8.46. The van der Waals surface area contributed by atoms with E-state index in [1.54, 1.807) is 0 Å². The predicted octanol–water partition coefficient (Wildman–Crippen LogP) is -0.509. The molecular formula is C13H26N4O. The molecule has 2 fully saturated rings. The van der Waals surface area contributed by atoms with Crippen LogP contribution in [-0.4, -0.2) is 74.1 Å². The Balaban J connectivity index is 1.55. The second-order valence-electron chi connectivity index (χ2n) is 5.60. The van der Waals surface area contributed by atoms with Crippen molar-refractivity contribution in [2.24, 2.45) is 0 Å². The maximum absolute atomic E-state index is 11.7. The van der Waals surface area contributed by atoms with Crippen molar-refractivity contribution in [3.05, 3.63) is 0 Å². The lowest BCUT2D eigenvalue weighted by Crippen LogP contribution is -2.49. The third-order valence-corrected chi connectivity index (χ3v) is 3.79. The molecule has 0 aromatic carbocycles. The number of hydrogen-bond donors (Lipinski definition) is 2. The highest BCUT2D eigenvalue weighted by Gasteiger charge is 2.25. The van der Waals surface area contributed by atoms with Gasteiger partial charge in [0.15, 0.2) is 0 Å². The fourth-order valence-corrected chi connectivity index (χ4v) is 2.16. The topological polar surface area (TPSA) is 47.6 Å². The minimum Gasteiger partial charge on any atom is -0.352 e. The van der Waals surface area contributed by atoms with Crippen LogP contribution in [0, 0.1) is 0 Å². The molecule has 104 valence electrons. The van der Waals surface area contributed by atoms with Crippen molar-refractivity contribution in [2.45, 2.75) is 31.8 Å². The summed E-state index contributed by atoms with van der Waals surface area (Å²) in [5.74, 6) is 0.149. The van der Waals surface area contributed by atoms with Crippen LogP contribution in [0.15, 0.2) is 0 Å². The summed E-state index contributed by atoms with van der Waals surface area (Å²) in [6.07, 6.45) is 2.31. The summed E-state index contributed by atoms with van der Waals surface area (Å²) in [7, 11) is 2.17. The second-order valence-corrected chi connectivity index (χ2v) is 5.60. The first-order valence-corrected chi connectivity index (χ1v) is 7.10. The van der Waals surface area contributed by atoms with E-state index in [4.69, 9.17) is 0 Å². The van der Waals surface area contributed by atoms with Gasteiger partial charge in [0.05, 0.1) is 6.04 Å². The van der Waals surface area contributed by atoms with Crippen LogP contribution >= 0.6 is 0 Å². The van der Waals surface area contributed by atoms with Crippen LogP contribution < -0.4 is 10.6 Å². The van der Waals surface area contributed by atoms with Crippen LogP contribution in [0.4, 0.5) is 0 Å². The van der Waals surface area contributed by atoms with Gasteiger partial charge in [-0.05, 0) is 26.8 Å². The first-order chi connectivity index (χ1) is 8.65. The highest BCUT2D eigenvalue weighted by atomic mass is 16.2. The fraction of sp³-hybridized carbons (Fsp3) is 0.923. The van der Waals surface area contributed by atoms with Crippen LogP contribution in [0.3, 0.4) is 0 Å². The van der Waals surface area contributed by atoms with Crippen LogP contribution in [0.2, 0.25) is 0 Å². The van der Waals surface area contributed by atoms with Gasteiger partial charge >= 0.3 is 0 Å². The number of rotatable bonds is 6. The summed E-state index contributed by atoms with van der Waals surface area (Å²) in [5, 5.41) is 6.33. The summed E-state index contributed by atoms with van der Waals surface area (Å²) < 4.78 is 0. The van der Waals surface area contributed by atoms with E-state index >= 15 is 0 Å². The van der Waals surface area contributed by atoms with Gasteiger partial charge in [0.25, 0.3) is 0 Å². The number of piperazine rings is 1. The summed E-state index contributed by atoms with van der Waals surface area (Å²) in [4.78, 5) is 16.5. The van der Waals surface area contributed by atoms with Crippen LogP contribution in [0.1, 0.15) is 19.8 Å². The van der Waals surface area contributed by atoms with E-state index in [1.807, 2.05) is 6.92 Å². The van der Waals surface area contributed by atoms with Crippen LogP contribution in [-0.2, 0) is 4.79 Å². The van der Waals surface area contributed by atoms with Crippen molar-refractivity contribution < 1.29 is 4.79 Å². The Morgan fingerprint density at radius 1 is 1.28 bits per heavy atom. The molecule has 1 atom stereocenters. The van der Waals surface area contributed by atoms with Gasteiger partial charge in [-0.1, -0.05) is 0 Å². The standard InChI is InChI=1S/C13H26N4O/c1-11(13(18)15-12-3-4-12)14-5-6-17-9-7-16(2)8-10-17/h11-12,14H,3-10H2,1-2H3,(H,15,18). The van der Waals surface area contributed by atoms with Gasteiger partial charge in [-0.25, -0.2) is 0 Å². The van der Waals surface area contributed by atoms with E-state index in [9.17, 15) is 4.79 Å². The summed E-state index contributed by atoms with van der Waals surface area (Å²) in [5.41, 5.74) is 0. The number of likely N-dealkylation sites (N-methyl/N-ethyl adjacent to an activating group) is 1. The third kappa shape index (κ3) is 4.55. The maximum Gasteiger partial charge on any atom is 0.237 e. The van der Waals surface area contributed by atoms with Gasteiger partial charge in [0.2, 0.25) is 5.91 Å². The average Bonchev–Trinajstić information content (AvgIpc) is 3.15. The van der Waals surface area contributed by atoms with E-state index in [2.05, 4.69) is 27.5 Å². The zero-order chi connectivity index (χ0) is 13.0. The molecule has 5 heteroatoms. The molecular weight excluding hydrogens is 228 g/mol. The van der Waals surface area contributed by atoms with Crippen molar-refractivity contribution in [2.75, 3.05) is 46.3 Å². The Labute approximate surface area is 110 Å². The number of carbonyl (C=O) groups excluding carboxylic acids is 1. The predicted molar refractivity (Wildman–Crippen MR) is 72.6 cm³/mol. The molecule has 1 amide bonds. The number of nitrogens with one attached hydrogen (secondary N) is 2. The van der Waals surface area contributed by atoms with Crippen molar-refractivity contribution in [3.8, 4) is 0 Å².